The molecule has 17 heavy (non-hydrogen) atoms. The number of halogens is 3. The quantitative estimate of drug-likeness (QED) is 0.810. The maximum Gasteiger partial charge on any atom is 0.433 e. The summed E-state index contributed by atoms with van der Waals surface area (Å²) in [6.07, 6.45) is -3.27. The van der Waals surface area contributed by atoms with Gasteiger partial charge in [-0.25, -0.2) is 9.97 Å². The molecular weight excluding hydrogens is 233 g/mol. The Morgan fingerprint density at radius 3 is 2.88 bits per heavy atom. The summed E-state index contributed by atoms with van der Waals surface area (Å²) >= 11 is 0. The molecule has 0 aliphatic carbocycles. The molecule has 1 unspecified atom stereocenters. The van der Waals surface area contributed by atoms with Crippen molar-refractivity contribution >= 4 is 5.95 Å². The Hall–Kier alpha value is -1.37. The third-order valence-electron chi connectivity index (χ3n) is 2.69. The molecule has 0 bridgehead atoms. The number of alkyl halides is 3. The predicted octanol–water partition coefficient (Wildman–Crippen LogP) is 1.29. The second kappa shape index (κ2) is 4.48. The van der Waals surface area contributed by atoms with E-state index in [1.54, 1.807) is 4.90 Å². The van der Waals surface area contributed by atoms with Crippen molar-refractivity contribution in [3.8, 4) is 0 Å². The van der Waals surface area contributed by atoms with Crippen LogP contribution in [-0.2, 0) is 6.18 Å². The van der Waals surface area contributed by atoms with E-state index in [0.29, 0.717) is 6.54 Å². The first-order valence-electron chi connectivity index (χ1n) is 5.36. The fourth-order valence-corrected chi connectivity index (χ4v) is 1.78. The number of piperazine rings is 1. The number of nitrogens with zero attached hydrogens (tertiary/aromatic N) is 3. The summed E-state index contributed by atoms with van der Waals surface area (Å²) in [5, 5.41) is 3.16. The zero-order chi connectivity index (χ0) is 12.5. The molecule has 1 fully saturated rings. The van der Waals surface area contributed by atoms with Crippen LogP contribution in [0.5, 0.6) is 0 Å². The molecule has 2 rings (SSSR count). The van der Waals surface area contributed by atoms with Gasteiger partial charge in [-0.1, -0.05) is 0 Å². The number of aromatic nitrogens is 2. The van der Waals surface area contributed by atoms with Gasteiger partial charge >= 0.3 is 6.18 Å². The van der Waals surface area contributed by atoms with Crippen LogP contribution in [0.3, 0.4) is 0 Å². The van der Waals surface area contributed by atoms with Gasteiger partial charge in [-0.2, -0.15) is 13.2 Å². The summed E-state index contributed by atoms with van der Waals surface area (Å²) in [5.74, 6) is 0.147. The Morgan fingerprint density at radius 2 is 2.24 bits per heavy atom. The third kappa shape index (κ3) is 2.66. The Labute approximate surface area is 96.9 Å². The van der Waals surface area contributed by atoms with Gasteiger partial charge in [0.1, 0.15) is 5.69 Å². The lowest BCUT2D eigenvalue weighted by Crippen LogP contribution is -2.50. The summed E-state index contributed by atoms with van der Waals surface area (Å²) in [6.45, 7) is 3.99. The smallest absolute Gasteiger partial charge is 0.336 e. The van der Waals surface area contributed by atoms with Crippen molar-refractivity contribution in [3.05, 3.63) is 18.0 Å². The van der Waals surface area contributed by atoms with Gasteiger partial charge in [0.2, 0.25) is 5.95 Å². The van der Waals surface area contributed by atoms with Crippen LogP contribution in [0.2, 0.25) is 0 Å². The number of rotatable bonds is 1. The van der Waals surface area contributed by atoms with Gasteiger partial charge in [0.25, 0.3) is 0 Å². The van der Waals surface area contributed by atoms with E-state index >= 15 is 0 Å². The van der Waals surface area contributed by atoms with E-state index in [0.717, 1.165) is 25.4 Å². The third-order valence-corrected chi connectivity index (χ3v) is 2.69. The van der Waals surface area contributed by atoms with Crippen molar-refractivity contribution in [2.75, 3.05) is 24.5 Å². The van der Waals surface area contributed by atoms with Crippen LogP contribution in [0.25, 0.3) is 0 Å². The molecule has 1 aromatic heterocycles. The molecule has 0 amide bonds. The van der Waals surface area contributed by atoms with Crippen LogP contribution in [0.4, 0.5) is 19.1 Å². The summed E-state index contributed by atoms with van der Waals surface area (Å²) in [5.41, 5.74) is -0.895. The van der Waals surface area contributed by atoms with Crippen molar-refractivity contribution in [1.82, 2.24) is 15.3 Å². The minimum Gasteiger partial charge on any atom is -0.336 e. The second-order valence-corrected chi connectivity index (χ2v) is 3.99. The zero-order valence-corrected chi connectivity index (χ0v) is 9.33. The Morgan fingerprint density at radius 1 is 1.47 bits per heavy atom. The van der Waals surface area contributed by atoms with Gasteiger partial charge in [-0.15, -0.1) is 0 Å². The molecule has 1 N–H and O–H groups in total. The van der Waals surface area contributed by atoms with Gasteiger partial charge in [0.05, 0.1) is 0 Å². The monoisotopic (exact) mass is 246 g/mol. The van der Waals surface area contributed by atoms with Crippen LogP contribution in [0.15, 0.2) is 12.3 Å². The average Bonchev–Trinajstić information content (AvgIpc) is 2.29. The molecule has 4 nitrogen and oxygen atoms in total. The van der Waals surface area contributed by atoms with Crippen molar-refractivity contribution in [1.29, 1.82) is 0 Å². The Kier molecular flexibility index (Phi) is 3.19. The van der Waals surface area contributed by atoms with Crippen molar-refractivity contribution in [2.45, 2.75) is 19.1 Å². The lowest BCUT2D eigenvalue weighted by Gasteiger charge is -2.34. The van der Waals surface area contributed by atoms with E-state index in [-0.39, 0.29) is 12.0 Å². The molecule has 0 saturated carbocycles. The van der Waals surface area contributed by atoms with Gasteiger partial charge in [-0.3, -0.25) is 0 Å². The highest BCUT2D eigenvalue weighted by atomic mass is 19.4. The lowest BCUT2D eigenvalue weighted by molar-refractivity contribution is -0.141. The van der Waals surface area contributed by atoms with Crippen molar-refractivity contribution in [2.24, 2.45) is 0 Å². The number of nitrogens with one attached hydrogen (secondary N) is 1. The number of anilines is 1. The molecule has 0 aromatic carbocycles. The first-order valence-corrected chi connectivity index (χ1v) is 5.36. The molecule has 1 aliphatic rings. The summed E-state index contributed by atoms with van der Waals surface area (Å²) in [6, 6.07) is 0.975. The molecule has 1 saturated heterocycles. The molecule has 7 heteroatoms. The molecule has 2 heterocycles. The van der Waals surface area contributed by atoms with Gasteiger partial charge in [-0.05, 0) is 13.0 Å². The van der Waals surface area contributed by atoms with E-state index in [9.17, 15) is 13.2 Å². The van der Waals surface area contributed by atoms with Crippen LogP contribution < -0.4 is 10.2 Å². The molecule has 1 aromatic rings. The van der Waals surface area contributed by atoms with Crippen LogP contribution in [-0.4, -0.2) is 35.6 Å². The fraction of sp³-hybridized carbons (Fsp3) is 0.600. The average molecular weight is 246 g/mol. The normalized spacial score (nSPS) is 21.6. The second-order valence-electron chi connectivity index (χ2n) is 3.99. The van der Waals surface area contributed by atoms with Gasteiger partial charge in [0.15, 0.2) is 0 Å². The predicted molar refractivity (Wildman–Crippen MR) is 56.7 cm³/mol. The van der Waals surface area contributed by atoms with E-state index in [1.165, 1.54) is 0 Å². The maximum atomic E-state index is 12.5. The highest BCUT2D eigenvalue weighted by Gasteiger charge is 2.33. The largest absolute Gasteiger partial charge is 0.433 e. The van der Waals surface area contributed by atoms with E-state index in [2.05, 4.69) is 15.3 Å². The van der Waals surface area contributed by atoms with Gasteiger partial charge in [0, 0.05) is 31.9 Å². The molecular formula is C10H13F3N4. The molecule has 0 radical (unpaired) electrons. The van der Waals surface area contributed by atoms with Crippen LogP contribution >= 0.6 is 0 Å². The zero-order valence-electron chi connectivity index (χ0n) is 9.33. The number of hydrogen-bond donors (Lipinski definition) is 1. The summed E-state index contributed by atoms with van der Waals surface area (Å²) < 4.78 is 37.5. The summed E-state index contributed by atoms with van der Waals surface area (Å²) in [7, 11) is 0. The van der Waals surface area contributed by atoms with Crippen molar-refractivity contribution < 1.29 is 13.2 Å². The highest BCUT2D eigenvalue weighted by Crippen LogP contribution is 2.28. The first kappa shape index (κ1) is 12.1. The topological polar surface area (TPSA) is 41.0 Å². The van der Waals surface area contributed by atoms with Crippen LogP contribution in [0, 0.1) is 0 Å². The Balaban J connectivity index is 2.26. The number of hydrogen-bond acceptors (Lipinski definition) is 4. The van der Waals surface area contributed by atoms with E-state index in [4.69, 9.17) is 0 Å². The lowest BCUT2D eigenvalue weighted by atomic mass is 10.2. The first-order chi connectivity index (χ1) is 7.98. The van der Waals surface area contributed by atoms with Crippen LogP contribution in [0.1, 0.15) is 12.6 Å². The molecule has 1 atom stereocenters. The maximum absolute atomic E-state index is 12.5. The van der Waals surface area contributed by atoms with E-state index < -0.39 is 11.9 Å². The van der Waals surface area contributed by atoms with E-state index in [1.807, 2.05) is 6.92 Å². The minimum atomic E-state index is -4.42. The van der Waals surface area contributed by atoms with Crippen molar-refractivity contribution in [3.63, 3.8) is 0 Å². The highest BCUT2D eigenvalue weighted by molar-refractivity contribution is 5.33. The standard InChI is InChI=1S/C10H13F3N4/c1-7-6-14-4-5-17(7)9-15-3-2-8(16-9)10(11,12)13/h2-3,7,14H,4-6H2,1H3. The Bertz CT molecular complexity index is 393. The molecule has 94 valence electrons. The summed E-state index contributed by atoms with van der Waals surface area (Å²) in [4.78, 5) is 9.28. The fourth-order valence-electron chi connectivity index (χ4n) is 1.78. The molecule has 1 aliphatic heterocycles. The van der Waals surface area contributed by atoms with Gasteiger partial charge < -0.3 is 10.2 Å². The molecule has 0 spiro atoms. The minimum absolute atomic E-state index is 0.0900. The SMILES string of the molecule is CC1CNCCN1c1nccc(C(F)(F)F)n1.